The van der Waals surface area contributed by atoms with E-state index in [1.54, 1.807) is 0 Å². The summed E-state index contributed by atoms with van der Waals surface area (Å²) in [6.07, 6.45) is 4.35. The molecule has 0 heterocycles. The van der Waals surface area contributed by atoms with Crippen molar-refractivity contribution >= 4 is 32.7 Å². The summed E-state index contributed by atoms with van der Waals surface area (Å²) in [6, 6.07) is 0. The van der Waals surface area contributed by atoms with E-state index in [2.05, 4.69) is 6.92 Å². The van der Waals surface area contributed by atoms with E-state index in [1.165, 1.54) is 18.6 Å². The molecule has 0 bridgehead atoms. The van der Waals surface area contributed by atoms with Crippen LogP contribution in [0.2, 0.25) is 0 Å². The van der Waals surface area contributed by atoms with Crippen molar-refractivity contribution in [1.29, 1.82) is 0 Å². The normalized spacial score (nSPS) is 12.1. The van der Waals surface area contributed by atoms with Crippen LogP contribution in [0, 0.1) is 0 Å². The second-order valence-corrected chi connectivity index (χ2v) is 6.43. The Kier molecular flexibility index (Phi) is 19.2. The summed E-state index contributed by atoms with van der Waals surface area (Å²) in [5, 5.41) is 0. The summed E-state index contributed by atoms with van der Waals surface area (Å²) in [6.45, 7) is 2.19. The van der Waals surface area contributed by atoms with E-state index in [1.807, 2.05) is 21.6 Å². The molecule has 14 heavy (non-hydrogen) atoms. The Bertz CT molecular complexity index is 136. The molecule has 80 valence electrons. The van der Waals surface area contributed by atoms with Crippen molar-refractivity contribution in [3.8, 4) is 0 Å². The molecule has 1 unspecified atom stereocenters. The van der Waals surface area contributed by atoms with Gasteiger partial charge in [-0.1, -0.05) is 46.0 Å². The van der Waals surface area contributed by atoms with Crippen molar-refractivity contribution in [2.75, 3.05) is 17.3 Å². The average Bonchev–Trinajstić information content (AvgIpc) is 2.09. The summed E-state index contributed by atoms with van der Waals surface area (Å²) in [5.41, 5.74) is 0. The maximum absolute atomic E-state index is 10.2. The van der Waals surface area contributed by atoms with E-state index in [-0.39, 0.29) is 29.6 Å². The maximum atomic E-state index is 10.2. The number of hydrogen-bond donors (Lipinski definition) is 0. The van der Waals surface area contributed by atoms with Crippen LogP contribution in [-0.2, 0) is 11.1 Å². The number of hydrogen-bond acceptors (Lipinski definition) is 4. The zero-order valence-corrected chi connectivity index (χ0v) is 13.4. The molecule has 0 fully saturated rings. The molecule has 1 atom stereocenters. The Balaban J connectivity index is 0. The van der Waals surface area contributed by atoms with Gasteiger partial charge in [0.15, 0.2) is 0 Å². The van der Waals surface area contributed by atoms with Crippen molar-refractivity contribution in [3.63, 3.8) is 0 Å². The summed E-state index contributed by atoms with van der Waals surface area (Å²) < 4.78 is 20.3. The molecule has 0 aliphatic rings. The molecule has 0 radical (unpaired) electrons. The monoisotopic (exact) mass is 264 g/mol. The van der Waals surface area contributed by atoms with Crippen LogP contribution in [0.25, 0.3) is 0 Å². The fourth-order valence-corrected chi connectivity index (χ4v) is 3.52. The van der Waals surface area contributed by atoms with E-state index in [0.29, 0.717) is 5.75 Å². The summed E-state index contributed by atoms with van der Waals surface area (Å²) in [5.74, 6) is 2.61. The predicted octanol–water partition coefficient (Wildman–Crippen LogP) is -0.169. The van der Waals surface area contributed by atoms with Crippen LogP contribution in [0.1, 0.15) is 32.6 Å². The molecule has 0 spiro atoms. The van der Waals surface area contributed by atoms with Gasteiger partial charge in [-0.15, -0.1) is 0 Å². The Morgan fingerprint density at radius 3 is 2.21 bits per heavy atom. The molecule has 6 heteroatoms. The Labute approximate surface area is 120 Å². The molecule has 2 nitrogen and oxygen atoms in total. The first-order valence-corrected chi connectivity index (χ1v) is 8.31. The Hall–Kier alpha value is 1.81. The quantitative estimate of drug-likeness (QED) is 0.251. The predicted molar refractivity (Wildman–Crippen MR) is 62.8 cm³/mol. The molecular formula is C8H17NaO2S3. The first-order chi connectivity index (χ1) is 6.27. The van der Waals surface area contributed by atoms with Crippen LogP contribution >= 0.6 is 21.6 Å². The van der Waals surface area contributed by atoms with Gasteiger partial charge >= 0.3 is 29.6 Å². The van der Waals surface area contributed by atoms with Crippen LogP contribution in [-0.4, -0.2) is 26.0 Å². The van der Waals surface area contributed by atoms with Crippen LogP contribution in [0.15, 0.2) is 0 Å². The van der Waals surface area contributed by atoms with E-state index < -0.39 is 11.1 Å². The van der Waals surface area contributed by atoms with Gasteiger partial charge in [-0.05, 0) is 19.3 Å². The largest absolute Gasteiger partial charge is 1.00 e. The maximum Gasteiger partial charge on any atom is 1.00 e. The van der Waals surface area contributed by atoms with Crippen LogP contribution in [0.5, 0.6) is 0 Å². The van der Waals surface area contributed by atoms with Gasteiger partial charge in [0.25, 0.3) is 0 Å². The Morgan fingerprint density at radius 1 is 1.14 bits per heavy atom. The van der Waals surface area contributed by atoms with Gasteiger partial charge in [-0.3, -0.25) is 4.21 Å². The third-order valence-corrected chi connectivity index (χ3v) is 4.65. The van der Waals surface area contributed by atoms with Gasteiger partial charge in [0.2, 0.25) is 0 Å². The second-order valence-electron chi connectivity index (χ2n) is 2.71. The molecule has 0 aliphatic heterocycles. The molecule has 0 saturated heterocycles. The van der Waals surface area contributed by atoms with E-state index in [9.17, 15) is 8.76 Å². The van der Waals surface area contributed by atoms with Crippen molar-refractivity contribution in [3.05, 3.63) is 0 Å². The minimum absolute atomic E-state index is 0. The molecule has 0 rings (SSSR count). The molecule has 0 aromatic carbocycles. The third kappa shape index (κ3) is 16.2. The van der Waals surface area contributed by atoms with Crippen LogP contribution < -0.4 is 29.6 Å². The zero-order valence-electron chi connectivity index (χ0n) is 8.99. The van der Waals surface area contributed by atoms with Gasteiger partial charge in [-0.25, -0.2) is 0 Å². The SMILES string of the molecule is CCCCSSCCCCS(=O)[O-].[Na+]. The van der Waals surface area contributed by atoms with Gasteiger partial charge in [0.1, 0.15) is 0 Å². The smallest absolute Gasteiger partial charge is 0.772 e. The zero-order chi connectivity index (χ0) is 9.94. The second kappa shape index (κ2) is 14.8. The molecule has 0 amide bonds. The van der Waals surface area contributed by atoms with Gasteiger partial charge < -0.3 is 4.55 Å². The fraction of sp³-hybridized carbons (Fsp3) is 1.00. The van der Waals surface area contributed by atoms with Crippen LogP contribution in [0.4, 0.5) is 0 Å². The topological polar surface area (TPSA) is 40.1 Å². The van der Waals surface area contributed by atoms with Crippen molar-refractivity contribution < 1.29 is 38.3 Å². The molecule has 0 N–H and O–H groups in total. The molecule has 0 aromatic rings. The summed E-state index contributed by atoms with van der Waals surface area (Å²) in [4.78, 5) is 0. The van der Waals surface area contributed by atoms with Crippen molar-refractivity contribution in [2.45, 2.75) is 32.6 Å². The average molecular weight is 264 g/mol. The fourth-order valence-electron chi connectivity index (χ4n) is 0.702. The van der Waals surface area contributed by atoms with Gasteiger partial charge in [0, 0.05) is 17.3 Å². The molecule has 0 aromatic heterocycles. The van der Waals surface area contributed by atoms with Crippen LogP contribution in [0.3, 0.4) is 0 Å². The van der Waals surface area contributed by atoms with Gasteiger partial charge in [0.05, 0.1) is 0 Å². The number of unbranched alkanes of at least 4 members (excludes halogenated alkanes) is 2. The summed E-state index contributed by atoms with van der Waals surface area (Å²) >= 11 is -1.84. The first-order valence-electron chi connectivity index (χ1n) is 4.57. The van der Waals surface area contributed by atoms with Gasteiger partial charge in [-0.2, -0.15) is 0 Å². The number of rotatable bonds is 9. The van der Waals surface area contributed by atoms with E-state index >= 15 is 0 Å². The first kappa shape index (κ1) is 18.2. The standard InChI is InChI=1S/C8H18O2S3.Na/c1-2-3-6-11-12-7-4-5-8-13(9)10;/h2-8H2,1H3,(H,9,10);/q;+1/p-1. The summed E-state index contributed by atoms with van der Waals surface area (Å²) in [7, 11) is 3.76. The minimum atomic E-state index is -1.84. The molecular weight excluding hydrogens is 247 g/mol. The Morgan fingerprint density at radius 2 is 1.71 bits per heavy atom. The molecule has 0 saturated carbocycles. The van der Waals surface area contributed by atoms with Crippen molar-refractivity contribution in [1.82, 2.24) is 0 Å². The molecule has 0 aliphatic carbocycles. The third-order valence-electron chi connectivity index (χ3n) is 1.45. The minimum Gasteiger partial charge on any atom is -0.772 e. The van der Waals surface area contributed by atoms with E-state index in [0.717, 1.165) is 18.6 Å². The van der Waals surface area contributed by atoms with Crippen molar-refractivity contribution in [2.24, 2.45) is 0 Å². The van der Waals surface area contributed by atoms with E-state index in [4.69, 9.17) is 0 Å².